The predicted octanol–water partition coefficient (Wildman–Crippen LogP) is 3.82. The van der Waals surface area contributed by atoms with E-state index in [0.717, 1.165) is 11.3 Å². The molecule has 2 aromatic carbocycles. The van der Waals surface area contributed by atoms with Gasteiger partial charge in [-0.05, 0) is 48.5 Å². The van der Waals surface area contributed by atoms with Crippen molar-refractivity contribution in [3.8, 4) is 17.1 Å². The van der Waals surface area contributed by atoms with E-state index < -0.39 is 5.91 Å². The molecule has 0 aliphatic carbocycles. The van der Waals surface area contributed by atoms with Crippen LogP contribution in [-0.2, 0) is 4.79 Å². The highest BCUT2D eigenvalue weighted by Gasteiger charge is 2.16. The Morgan fingerprint density at radius 3 is 2.17 bits per heavy atom. The highest BCUT2D eigenvalue weighted by atomic mass is 35.5. The zero-order valence-corrected chi connectivity index (χ0v) is 14.6. The third-order valence-electron chi connectivity index (χ3n) is 3.16. The summed E-state index contributed by atoms with van der Waals surface area (Å²) in [4.78, 5) is 11.1. The van der Waals surface area contributed by atoms with Crippen LogP contribution in [0, 0.1) is 0 Å². The molecule has 1 heterocycles. The molecule has 5 nitrogen and oxygen atoms in total. The van der Waals surface area contributed by atoms with E-state index in [1.807, 2.05) is 28.8 Å². The van der Waals surface area contributed by atoms with Gasteiger partial charge in [0.25, 0.3) is 0 Å². The summed E-state index contributed by atoms with van der Waals surface area (Å²) < 4.78 is 1.85. The second kappa shape index (κ2) is 7.25. The lowest BCUT2D eigenvalue weighted by Crippen LogP contribution is -2.13. The van der Waals surface area contributed by atoms with Crippen molar-refractivity contribution in [2.24, 2.45) is 5.73 Å². The summed E-state index contributed by atoms with van der Waals surface area (Å²) in [5.41, 5.74) is 6.92. The van der Waals surface area contributed by atoms with Gasteiger partial charge in [0.2, 0.25) is 5.91 Å². The Balaban J connectivity index is 2.09. The van der Waals surface area contributed by atoms with Gasteiger partial charge in [0.05, 0.1) is 5.75 Å². The molecule has 24 heavy (non-hydrogen) atoms. The molecule has 0 aliphatic rings. The van der Waals surface area contributed by atoms with Gasteiger partial charge < -0.3 is 5.73 Å². The van der Waals surface area contributed by atoms with E-state index in [4.69, 9.17) is 28.9 Å². The predicted molar refractivity (Wildman–Crippen MR) is 96.7 cm³/mol. The van der Waals surface area contributed by atoms with E-state index in [9.17, 15) is 4.79 Å². The number of carbonyl (C=O) groups excluding carboxylic acids is 1. The summed E-state index contributed by atoms with van der Waals surface area (Å²) in [6.45, 7) is 0. The van der Waals surface area contributed by atoms with Gasteiger partial charge in [-0.2, -0.15) is 0 Å². The first-order chi connectivity index (χ1) is 11.5. The summed E-state index contributed by atoms with van der Waals surface area (Å²) in [6.07, 6.45) is 0. The van der Waals surface area contributed by atoms with Crippen LogP contribution in [-0.4, -0.2) is 26.4 Å². The standard InChI is InChI=1S/C16H12Cl2N4OS/c17-11-3-1-10(2-4-11)15-20-21-16(24-9-14(19)23)22(15)13-7-5-12(18)6-8-13/h1-8H,9H2,(H2,19,23). The van der Waals surface area contributed by atoms with Gasteiger partial charge in [-0.1, -0.05) is 35.0 Å². The molecule has 0 saturated carbocycles. The lowest BCUT2D eigenvalue weighted by Gasteiger charge is -2.10. The number of hydrogen-bond acceptors (Lipinski definition) is 4. The van der Waals surface area contributed by atoms with Crippen LogP contribution >= 0.6 is 35.0 Å². The molecule has 0 saturated heterocycles. The smallest absolute Gasteiger partial charge is 0.227 e. The number of nitrogens with two attached hydrogens (primary N) is 1. The van der Waals surface area contributed by atoms with E-state index >= 15 is 0 Å². The molecule has 1 aromatic heterocycles. The molecule has 122 valence electrons. The SMILES string of the molecule is NC(=O)CSc1nnc(-c2ccc(Cl)cc2)n1-c1ccc(Cl)cc1. The molecule has 1 amide bonds. The lowest BCUT2D eigenvalue weighted by molar-refractivity contribution is -0.115. The Kier molecular flexibility index (Phi) is 5.08. The van der Waals surface area contributed by atoms with Crippen molar-refractivity contribution in [2.75, 3.05) is 5.75 Å². The first-order valence-corrected chi connectivity index (χ1v) is 8.67. The van der Waals surface area contributed by atoms with Crippen LogP contribution in [0.5, 0.6) is 0 Å². The monoisotopic (exact) mass is 378 g/mol. The second-order valence-corrected chi connectivity index (χ2v) is 6.70. The van der Waals surface area contributed by atoms with E-state index in [0.29, 0.717) is 21.0 Å². The second-order valence-electron chi connectivity index (χ2n) is 4.88. The first kappa shape index (κ1) is 16.8. The zero-order valence-electron chi connectivity index (χ0n) is 12.3. The molecule has 0 bridgehead atoms. The number of hydrogen-bond donors (Lipinski definition) is 1. The third kappa shape index (κ3) is 3.72. The zero-order chi connectivity index (χ0) is 17.1. The van der Waals surface area contributed by atoms with Crippen LogP contribution in [0.4, 0.5) is 0 Å². The molecule has 2 N–H and O–H groups in total. The van der Waals surface area contributed by atoms with Crippen molar-refractivity contribution in [1.29, 1.82) is 0 Å². The number of rotatable bonds is 5. The molecule has 0 atom stereocenters. The Morgan fingerprint density at radius 1 is 1.00 bits per heavy atom. The summed E-state index contributed by atoms with van der Waals surface area (Å²) >= 11 is 13.1. The average molecular weight is 379 g/mol. The Morgan fingerprint density at radius 2 is 1.58 bits per heavy atom. The minimum Gasteiger partial charge on any atom is -0.369 e. The van der Waals surface area contributed by atoms with Crippen molar-refractivity contribution in [1.82, 2.24) is 14.8 Å². The average Bonchev–Trinajstić information content (AvgIpc) is 2.98. The maximum Gasteiger partial charge on any atom is 0.227 e. The van der Waals surface area contributed by atoms with Crippen LogP contribution in [0.15, 0.2) is 53.7 Å². The first-order valence-electron chi connectivity index (χ1n) is 6.93. The summed E-state index contributed by atoms with van der Waals surface area (Å²) in [7, 11) is 0. The van der Waals surface area contributed by atoms with E-state index in [1.54, 1.807) is 24.3 Å². The number of halogens is 2. The molecule has 3 aromatic rings. The summed E-state index contributed by atoms with van der Waals surface area (Å²) in [5.74, 6) is 0.339. The number of amides is 1. The van der Waals surface area contributed by atoms with Crippen LogP contribution in [0.2, 0.25) is 10.0 Å². The lowest BCUT2D eigenvalue weighted by atomic mass is 10.2. The Bertz CT molecular complexity index is 863. The van der Waals surface area contributed by atoms with Gasteiger partial charge in [-0.25, -0.2) is 0 Å². The minimum atomic E-state index is -0.418. The molecule has 8 heteroatoms. The van der Waals surface area contributed by atoms with E-state index in [-0.39, 0.29) is 5.75 Å². The molecule has 0 unspecified atom stereocenters. The van der Waals surface area contributed by atoms with Crippen molar-refractivity contribution < 1.29 is 4.79 Å². The number of thioether (sulfide) groups is 1. The molecule has 3 rings (SSSR count). The fourth-order valence-corrected chi connectivity index (χ4v) is 3.05. The maximum atomic E-state index is 11.1. The van der Waals surface area contributed by atoms with Crippen molar-refractivity contribution in [3.63, 3.8) is 0 Å². The van der Waals surface area contributed by atoms with Crippen LogP contribution < -0.4 is 5.73 Å². The Hall–Kier alpha value is -2.02. The number of carbonyl (C=O) groups is 1. The molecule has 0 spiro atoms. The number of benzene rings is 2. The van der Waals surface area contributed by atoms with Crippen molar-refractivity contribution in [2.45, 2.75) is 5.16 Å². The molecule has 0 fully saturated rings. The largest absolute Gasteiger partial charge is 0.369 e. The quantitative estimate of drug-likeness (QED) is 0.684. The van der Waals surface area contributed by atoms with E-state index in [1.165, 1.54) is 11.8 Å². The molecule has 0 radical (unpaired) electrons. The highest BCUT2D eigenvalue weighted by molar-refractivity contribution is 7.99. The van der Waals surface area contributed by atoms with Crippen LogP contribution in [0.25, 0.3) is 17.1 Å². The minimum absolute atomic E-state index is 0.117. The third-order valence-corrected chi connectivity index (χ3v) is 4.62. The summed E-state index contributed by atoms with van der Waals surface area (Å²) in [5, 5.41) is 10.3. The summed E-state index contributed by atoms with van der Waals surface area (Å²) in [6, 6.07) is 14.6. The molecular weight excluding hydrogens is 367 g/mol. The maximum absolute atomic E-state index is 11.1. The van der Waals surface area contributed by atoms with Crippen LogP contribution in [0.1, 0.15) is 0 Å². The Labute approximate surface area is 152 Å². The molecular formula is C16H12Cl2N4OS. The van der Waals surface area contributed by atoms with Gasteiger partial charge in [-0.3, -0.25) is 9.36 Å². The molecule has 0 aliphatic heterocycles. The highest BCUT2D eigenvalue weighted by Crippen LogP contribution is 2.29. The fraction of sp³-hybridized carbons (Fsp3) is 0.0625. The van der Waals surface area contributed by atoms with Gasteiger partial charge in [0, 0.05) is 21.3 Å². The topological polar surface area (TPSA) is 73.8 Å². The fourth-order valence-electron chi connectivity index (χ4n) is 2.11. The van der Waals surface area contributed by atoms with Crippen LogP contribution in [0.3, 0.4) is 0 Å². The normalized spacial score (nSPS) is 10.8. The number of aromatic nitrogens is 3. The van der Waals surface area contributed by atoms with Gasteiger partial charge in [0.1, 0.15) is 0 Å². The van der Waals surface area contributed by atoms with Gasteiger partial charge in [0.15, 0.2) is 11.0 Å². The van der Waals surface area contributed by atoms with Crippen molar-refractivity contribution >= 4 is 40.9 Å². The van der Waals surface area contributed by atoms with Crippen molar-refractivity contribution in [3.05, 3.63) is 58.6 Å². The number of primary amides is 1. The van der Waals surface area contributed by atoms with Gasteiger partial charge >= 0.3 is 0 Å². The van der Waals surface area contributed by atoms with E-state index in [2.05, 4.69) is 10.2 Å². The number of nitrogens with zero attached hydrogens (tertiary/aromatic N) is 3. The van der Waals surface area contributed by atoms with Gasteiger partial charge in [-0.15, -0.1) is 10.2 Å².